The van der Waals surface area contributed by atoms with E-state index in [-0.39, 0.29) is 0 Å². The molecule has 90 valence electrons. The van der Waals surface area contributed by atoms with Crippen molar-refractivity contribution in [1.29, 1.82) is 0 Å². The second-order valence-electron chi connectivity index (χ2n) is 3.55. The molecule has 6 heteroatoms. The first kappa shape index (κ1) is 12.8. The first-order valence-electron chi connectivity index (χ1n) is 5.01. The Morgan fingerprint density at radius 1 is 1.41 bits per heavy atom. The zero-order valence-corrected chi connectivity index (χ0v) is 11.7. The van der Waals surface area contributed by atoms with Gasteiger partial charge < -0.3 is 5.11 Å². The highest BCUT2D eigenvalue weighted by molar-refractivity contribution is 8.01. The highest BCUT2D eigenvalue weighted by Crippen LogP contribution is 2.35. The Bertz CT molecular complexity index is 528. The van der Waals surface area contributed by atoms with Gasteiger partial charge in [0.1, 0.15) is 5.01 Å². The average Bonchev–Trinajstić information content (AvgIpc) is 2.67. The van der Waals surface area contributed by atoms with E-state index in [0.717, 1.165) is 19.8 Å². The molecule has 2 aromatic rings. The first-order valence-corrected chi connectivity index (χ1v) is 7.03. The van der Waals surface area contributed by atoms with E-state index in [1.807, 2.05) is 19.1 Å². The quantitative estimate of drug-likeness (QED) is 0.934. The molecular formula is C11H11ClN2OS2. The van der Waals surface area contributed by atoms with Crippen LogP contribution in [0.3, 0.4) is 0 Å². The van der Waals surface area contributed by atoms with Crippen LogP contribution in [-0.2, 0) is 0 Å². The second-order valence-corrected chi connectivity index (χ2v) is 6.43. The fourth-order valence-corrected chi connectivity index (χ4v) is 3.35. The Labute approximate surface area is 113 Å². The number of aromatic nitrogens is 2. The maximum Gasteiger partial charge on any atom is 0.179 e. The van der Waals surface area contributed by atoms with Crippen molar-refractivity contribution in [3.05, 3.63) is 33.8 Å². The van der Waals surface area contributed by atoms with E-state index < -0.39 is 6.10 Å². The van der Waals surface area contributed by atoms with Crippen LogP contribution in [0.25, 0.3) is 0 Å². The SMILES string of the molecule is Cc1nnc(Sc2ccc([C@@H](C)O)cc2Cl)s1. The highest BCUT2D eigenvalue weighted by Gasteiger charge is 2.09. The molecule has 3 nitrogen and oxygen atoms in total. The third kappa shape index (κ3) is 3.19. The van der Waals surface area contributed by atoms with Crippen molar-refractivity contribution < 1.29 is 5.11 Å². The topological polar surface area (TPSA) is 46.0 Å². The summed E-state index contributed by atoms with van der Waals surface area (Å²) in [7, 11) is 0. The van der Waals surface area contributed by atoms with Crippen LogP contribution in [-0.4, -0.2) is 15.3 Å². The van der Waals surface area contributed by atoms with E-state index in [1.165, 1.54) is 23.1 Å². The number of rotatable bonds is 3. The molecule has 1 atom stereocenters. The van der Waals surface area contributed by atoms with Gasteiger partial charge in [0.25, 0.3) is 0 Å². The van der Waals surface area contributed by atoms with Crippen LogP contribution >= 0.6 is 34.7 Å². The first-order chi connectivity index (χ1) is 8.06. The van der Waals surface area contributed by atoms with Crippen LogP contribution in [0.4, 0.5) is 0 Å². The van der Waals surface area contributed by atoms with E-state index in [9.17, 15) is 5.11 Å². The van der Waals surface area contributed by atoms with Crippen LogP contribution in [0.1, 0.15) is 23.6 Å². The number of nitrogens with zero attached hydrogens (tertiary/aromatic N) is 2. The third-order valence-electron chi connectivity index (χ3n) is 2.14. The van der Waals surface area contributed by atoms with E-state index in [4.69, 9.17) is 11.6 Å². The van der Waals surface area contributed by atoms with E-state index in [0.29, 0.717) is 5.02 Å². The normalized spacial score (nSPS) is 12.7. The van der Waals surface area contributed by atoms with Gasteiger partial charge >= 0.3 is 0 Å². The fourth-order valence-electron chi connectivity index (χ4n) is 1.27. The van der Waals surface area contributed by atoms with Gasteiger partial charge in [-0.25, -0.2) is 0 Å². The predicted molar refractivity (Wildman–Crippen MR) is 70.9 cm³/mol. The maximum absolute atomic E-state index is 9.45. The number of aliphatic hydroxyl groups excluding tert-OH is 1. The summed E-state index contributed by atoms with van der Waals surface area (Å²) in [5, 5.41) is 19.0. The summed E-state index contributed by atoms with van der Waals surface area (Å²) in [4.78, 5) is 0.923. The van der Waals surface area contributed by atoms with E-state index in [1.54, 1.807) is 13.0 Å². The van der Waals surface area contributed by atoms with Gasteiger partial charge in [-0.15, -0.1) is 10.2 Å². The van der Waals surface area contributed by atoms with Crippen molar-refractivity contribution in [2.24, 2.45) is 0 Å². The lowest BCUT2D eigenvalue weighted by Gasteiger charge is -2.07. The van der Waals surface area contributed by atoms with Gasteiger partial charge in [-0.1, -0.05) is 40.8 Å². The lowest BCUT2D eigenvalue weighted by molar-refractivity contribution is 0.199. The number of aliphatic hydroxyl groups is 1. The highest BCUT2D eigenvalue weighted by atomic mass is 35.5. The molecule has 0 saturated carbocycles. The Morgan fingerprint density at radius 3 is 2.71 bits per heavy atom. The molecule has 0 aliphatic heterocycles. The number of aryl methyl sites for hydroxylation is 1. The summed E-state index contributed by atoms with van der Waals surface area (Å²) in [5.74, 6) is 0. The summed E-state index contributed by atoms with van der Waals surface area (Å²) >= 11 is 9.18. The molecule has 2 rings (SSSR count). The fraction of sp³-hybridized carbons (Fsp3) is 0.273. The Morgan fingerprint density at radius 2 is 2.18 bits per heavy atom. The third-order valence-corrected chi connectivity index (χ3v) is 4.53. The minimum absolute atomic E-state index is 0.504. The molecule has 1 N–H and O–H groups in total. The number of hydrogen-bond donors (Lipinski definition) is 1. The monoisotopic (exact) mass is 286 g/mol. The van der Waals surface area contributed by atoms with Gasteiger partial charge in [-0.05, 0) is 31.5 Å². The van der Waals surface area contributed by atoms with Crippen LogP contribution in [0, 0.1) is 6.92 Å². The molecule has 1 aromatic carbocycles. The molecule has 17 heavy (non-hydrogen) atoms. The van der Waals surface area contributed by atoms with Gasteiger partial charge in [-0.2, -0.15) is 0 Å². The van der Waals surface area contributed by atoms with Crippen LogP contribution in [0.15, 0.2) is 27.4 Å². The van der Waals surface area contributed by atoms with Crippen molar-refractivity contribution in [2.45, 2.75) is 29.2 Å². The van der Waals surface area contributed by atoms with Gasteiger partial charge in [0.05, 0.1) is 11.1 Å². The summed E-state index contributed by atoms with van der Waals surface area (Å²) in [6.45, 7) is 3.63. The zero-order valence-electron chi connectivity index (χ0n) is 9.35. The van der Waals surface area contributed by atoms with Gasteiger partial charge in [-0.3, -0.25) is 0 Å². The Hall–Kier alpha value is -0.620. The second kappa shape index (κ2) is 5.35. The molecule has 0 aliphatic carbocycles. The molecule has 0 aliphatic rings. The number of hydrogen-bond acceptors (Lipinski definition) is 5. The van der Waals surface area contributed by atoms with Gasteiger partial charge in [0, 0.05) is 4.90 Å². The summed E-state index contributed by atoms with van der Waals surface area (Å²) in [6.07, 6.45) is -0.504. The van der Waals surface area contributed by atoms with Crippen molar-refractivity contribution in [2.75, 3.05) is 0 Å². The predicted octanol–water partition coefficient (Wildman–Crippen LogP) is 3.70. The zero-order chi connectivity index (χ0) is 12.4. The molecule has 0 fully saturated rings. The molecular weight excluding hydrogens is 276 g/mol. The molecule has 1 heterocycles. The molecule has 0 bridgehead atoms. The minimum atomic E-state index is -0.504. The van der Waals surface area contributed by atoms with Crippen molar-refractivity contribution in [1.82, 2.24) is 10.2 Å². The van der Waals surface area contributed by atoms with E-state index >= 15 is 0 Å². The lowest BCUT2D eigenvalue weighted by atomic mass is 10.1. The van der Waals surface area contributed by atoms with Crippen molar-refractivity contribution in [3.8, 4) is 0 Å². The van der Waals surface area contributed by atoms with Crippen molar-refractivity contribution in [3.63, 3.8) is 0 Å². The smallest absolute Gasteiger partial charge is 0.179 e. The van der Waals surface area contributed by atoms with Crippen LogP contribution in [0.5, 0.6) is 0 Å². The summed E-state index contributed by atoms with van der Waals surface area (Å²) in [6, 6.07) is 5.54. The molecule has 0 amide bonds. The number of benzene rings is 1. The molecule has 0 saturated heterocycles. The summed E-state index contributed by atoms with van der Waals surface area (Å²) < 4.78 is 0.870. The Kier molecular flexibility index (Phi) is 4.04. The van der Waals surface area contributed by atoms with Crippen molar-refractivity contribution >= 4 is 34.7 Å². The largest absolute Gasteiger partial charge is 0.389 e. The maximum atomic E-state index is 9.45. The van der Waals surface area contributed by atoms with Crippen LogP contribution < -0.4 is 0 Å². The minimum Gasteiger partial charge on any atom is -0.389 e. The molecule has 0 radical (unpaired) electrons. The number of halogens is 1. The molecule has 0 spiro atoms. The Balaban J connectivity index is 2.22. The van der Waals surface area contributed by atoms with Gasteiger partial charge in [0.2, 0.25) is 0 Å². The van der Waals surface area contributed by atoms with Gasteiger partial charge in [0.15, 0.2) is 4.34 Å². The average molecular weight is 287 g/mol. The van der Waals surface area contributed by atoms with E-state index in [2.05, 4.69) is 10.2 Å². The summed E-state index contributed by atoms with van der Waals surface area (Å²) in [5.41, 5.74) is 0.813. The standard InChI is InChI=1S/C11H11ClN2OS2/c1-6(15)8-3-4-10(9(12)5-8)17-11-14-13-7(2)16-11/h3-6,15H,1-2H3/t6-/m1/s1. The molecule has 0 unspecified atom stereocenters. The molecule has 1 aromatic heterocycles. The lowest BCUT2D eigenvalue weighted by Crippen LogP contribution is -1.90. The van der Waals surface area contributed by atoms with Crippen LogP contribution in [0.2, 0.25) is 5.02 Å².